The van der Waals surface area contributed by atoms with Crippen LogP contribution in [0.3, 0.4) is 0 Å². The second-order valence-electron chi connectivity index (χ2n) is 5.19. The average molecular weight is 239 g/mol. The molecule has 1 N–H and O–H groups in total. The Morgan fingerprint density at radius 3 is 2.47 bits per heavy atom. The zero-order valence-corrected chi connectivity index (χ0v) is 11.5. The number of aliphatic hydroxyl groups is 1. The predicted molar refractivity (Wildman–Crippen MR) is 69.6 cm³/mol. The highest BCUT2D eigenvalue weighted by molar-refractivity contribution is 5.80. The summed E-state index contributed by atoms with van der Waals surface area (Å²) >= 11 is 0. The Balaban J connectivity index is 0.000000686. The van der Waals surface area contributed by atoms with Crippen molar-refractivity contribution in [3.8, 4) is 0 Å². The Labute approximate surface area is 105 Å². The predicted octanol–water partition coefficient (Wildman–Crippen LogP) is 2.35. The smallest absolute Gasteiger partial charge is 0.226 e. The summed E-state index contributed by atoms with van der Waals surface area (Å²) in [5, 5.41) is 9.59. The van der Waals surface area contributed by atoms with E-state index in [1.54, 1.807) is 6.92 Å². The normalized spacial score (nSPS) is 31.9. The molecule has 0 radical (unpaired) electrons. The first kappa shape index (κ1) is 14.2. The lowest BCUT2D eigenvalue weighted by Crippen LogP contribution is -2.50. The van der Waals surface area contributed by atoms with Crippen LogP contribution in [-0.2, 0) is 4.79 Å². The number of nitrogens with zero attached hydrogens (tertiary/aromatic N) is 1. The van der Waals surface area contributed by atoms with Crippen molar-refractivity contribution >= 4 is 5.91 Å². The monoisotopic (exact) mass is 239 g/mol. The summed E-state index contributed by atoms with van der Waals surface area (Å²) in [6.07, 6.45) is 4.38. The molecule has 0 saturated heterocycles. The maximum absolute atomic E-state index is 12.0. The van der Waals surface area contributed by atoms with Crippen LogP contribution < -0.4 is 0 Å². The van der Waals surface area contributed by atoms with Crippen LogP contribution in [0.5, 0.6) is 0 Å². The minimum atomic E-state index is -0.595. The number of amides is 1. The van der Waals surface area contributed by atoms with Crippen molar-refractivity contribution in [2.45, 2.75) is 52.6 Å². The summed E-state index contributed by atoms with van der Waals surface area (Å²) < 4.78 is 0. The summed E-state index contributed by atoms with van der Waals surface area (Å²) in [7, 11) is 0. The van der Waals surface area contributed by atoms with Gasteiger partial charge in [0, 0.05) is 19.0 Å². The van der Waals surface area contributed by atoms with Gasteiger partial charge in [0.25, 0.3) is 0 Å². The van der Waals surface area contributed by atoms with Crippen LogP contribution in [0.15, 0.2) is 11.6 Å². The first-order chi connectivity index (χ1) is 7.98. The van der Waals surface area contributed by atoms with E-state index in [4.69, 9.17) is 0 Å². The van der Waals surface area contributed by atoms with Gasteiger partial charge in [-0.15, -0.1) is 0 Å². The van der Waals surface area contributed by atoms with Gasteiger partial charge in [-0.05, 0) is 33.1 Å². The van der Waals surface area contributed by atoms with E-state index in [0.717, 1.165) is 19.5 Å². The molecule has 3 heteroatoms. The molecule has 1 fully saturated rings. The highest BCUT2D eigenvalue weighted by Gasteiger charge is 2.43. The van der Waals surface area contributed by atoms with E-state index in [1.165, 1.54) is 5.57 Å². The van der Waals surface area contributed by atoms with Gasteiger partial charge in [0.15, 0.2) is 0 Å². The second-order valence-corrected chi connectivity index (χ2v) is 5.19. The summed E-state index contributed by atoms with van der Waals surface area (Å²) in [6.45, 7) is 9.51. The molecule has 1 aliphatic heterocycles. The largest absolute Gasteiger partial charge is 0.390 e. The molecule has 1 amide bonds. The fourth-order valence-electron chi connectivity index (χ4n) is 2.41. The highest BCUT2D eigenvalue weighted by atomic mass is 16.3. The van der Waals surface area contributed by atoms with E-state index < -0.39 is 5.60 Å². The van der Waals surface area contributed by atoms with Crippen LogP contribution >= 0.6 is 0 Å². The van der Waals surface area contributed by atoms with Gasteiger partial charge < -0.3 is 10.0 Å². The highest BCUT2D eigenvalue weighted by Crippen LogP contribution is 2.38. The Kier molecular flexibility index (Phi) is 4.75. The second kappa shape index (κ2) is 5.67. The molecule has 2 aliphatic rings. The molecular weight excluding hydrogens is 214 g/mol. The summed E-state index contributed by atoms with van der Waals surface area (Å²) in [5.74, 6) is 0.289. The molecule has 0 unspecified atom stereocenters. The minimum absolute atomic E-state index is 0.0619. The first-order valence-corrected chi connectivity index (χ1v) is 6.65. The van der Waals surface area contributed by atoms with Crippen molar-refractivity contribution in [1.82, 2.24) is 4.90 Å². The molecule has 1 saturated carbocycles. The molecule has 3 nitrogen and oxygen atoms in total. The van der Waals surface area contributed by atoms with Crippen LogP contribution in [0, 0.1) is 5.92 Å². The van der Waals surface area contributed by atoms with Gasteiger partial charge >= 0.3 is 0 Å². The van der Waals surface area contributed by atoms with E-state index in [0.29, 0.717) is 12.8 Å². The fourth-order valence-corrected chi connectivity index (χ4v) is 2.41. The summed E-state index contributed by atoms with van der Waals surface area (Å²) in [5.41, 5.74) is 0.779. The summed E-state index contributed by atoms with van der Waals surface area (Å²) in [6, 6.07) is 0. The standard InChI is InChI=1S/C12H19NO2.C2H6/c1-9-3-5-13(6-4-9)11(14)10-7-12(2,15)8-10;1-2/h3,10,15H,4-8H2,1-2H3;1-2H3. The molecule has 0 bridgehead atoms. The Bertz CT molecular complexity index is 299. The maximum Gasteiger partial charge on any atom is 0.226 e. The zero-order chi connectivity index (χ0) is 13.1. The Morgan fingerprint density at radius 1 is 1.47 bits per heavy atom. The van der Waals surface area contributed by atoms with E-state index in [1.807, 2.05) is 18.7 Å². The van der Waals surface area contributed by atoms with Gasteiger partial charge in [-0.25, -0.2) is 0 Å². The average Bonchev–Trinajstić information content (AvgIpc) is 2.28. The molecule has 0 atom stereocenters. The Morgan fingerprint density at radius 2 is 2.06 bits per heavy atom. The van der Waals surface area contributed by atoms with Crippen molar-refractivity contribution in [3.63, 3.8) is 0 Å². The van der Waals surface area contributed by atoms with Crippen LogP contribution in [0.2, 0.25) is 0 Å². The Hall–Kier alpha value is -0.830. The molecule has 0 aromatic heterocycles. The van der Waals surface area contributed by atoms with Gasteiger partial charge in [0.1, 0.15) is 0 Å². The molecule has 2 rings (SSSR count). The van der Waals surface area contributed by atoms with Gasteiger partial charge in [0.05, 0.1) is 5.60 Å². The van der Waals surface area contributed by atoms with Crippen molar-refractivity contribution in [2.75, 3.05) is 13.1 Å². The molecule has 1 aliphatic carbocycles. The van der Waals surface area contributed by atoms with E-state index >= 15 is 0 Å². The number of hydrogen-bond acceptors (Lipinski definition) is 2. The first-order valence-electron chi connectivity index (χ1n) is 6.65. The number of hydrogen-bond donors (Lipinski definition) is 1. The quantitative estimate of drug-likeness (QED) is 0.714. The van der Waals surface area contributed by atoms with Crippen molar-refractivity contribution in [3.05, 3.63) is 11.6 Å². The van der Waals surface area contributed by atoms with Crippen LogP contribution in [0.4, 0.5) is 0 Å². The number of carbonyl (C=O) groups is 1. The van der Waals surface area contributed by atoms with Crippen LogP contribution in [0.1, 0.15) is 47.0 Å². The van der Waals surface area contributed by atoms with Gasteiger partial charge in [0.2, 0.25) is 5.91 Å². The van der Waals surface area contributed by atoms with Crippen LogP contribution in [-0.4, -0.2) is 34.6 Å². The van der Waals surface area contributed by atoms with E-state index in [-0.39, 0.29) is 11.8 Å². The SMILES string of the molecule is CC.CC1=CCN(C(=O)C2CC(C)(O)C2)CC1. The molecule has 0 aromatic carbocycles. The third kappa shape index (κ3) is 3.56. The lowest BCUT2D eigenvalue weighted by Gasteiger charge is -2.42. The minimum Gasteiger partial charge on any atom is -0.390 e. The van der Waals surface area contributed by atoms with Crippen molar-refractivity contribution < 1.29 is 9.90 Å². The molecule has 0 spiro atoms. The zero-order valence-electron chi connectivity index (χ0n) is 11.5. The number of carbonyl (C=O) groups excluding carboxylic acids is 1. The molecule has 1 heterocycles. The molecule has 17 heavy (non-hydrogen) atoms. The molecular formula is C14H25NO2. The topological polar surface area (TPSA) is 40.5 Å². The maximum atomic E-state index is 12.0. The van der Waals surface area contributed by atoms with E-state index in [2.05, 4.69) is 13.0 Å². The van der Waals surface area contributed by atoms with Crippen LogP contribution in [0.25, 0.3) is 0 Å². The van der Waals surface area contributed by atoms with Crippen molar-refractivity contribution in [2.24, 2.45) is 5.92 Å². The fraction of sp³-hybridized carbons (Fsp3) is 0.786. The third-order valence-corrected chi connectivity index (χ3v) is 3.47. The number of rotatable bonds is 1. The van der Waals surface area contributed by atoms with Gasteiger partial charge in [-0.1, -0.05) is 25.5 Å². The lowest BCUT2D eigenvalue weighted by molar-refractivity contribution is -0.149. The summed E-state index contributed by atoms with van der Waals surface area (Å²) in [4.78, 5) is 13.9. The third-order valence-electron chi connectivity index (χ3n) is 3.47. The van der Waals surface area contributed by atoms with Gasteiger partial charge in [-0.2, -0.15) is 0 Å². The molecule has 0 aromatic rings. The lowest BCUT2D eigenvalue weighted by atomic mass is 9.71. The van der Waals surface area contributed by atoms with E-state index in [9.17, 15) is 9.90 Å². The van der Waals surface area contributed by atoms with Gasteiger partial charge in [-0.3, -0.25) is 4.79 Å². The van der Waals surface area contributed by atoms with Crippen molar-refractivity contribution in [1.29, 1.82) is 0 Å². The molecule has 98 valence electrons.